The van der Waals surface area contributed by atoms with Gasteiger partial charge in [0, 0.05) is 35.9 Å². The zero-order valence-electron chi connectivity index (χ0n) is 13.5. The molecule has 1 saturated heterocycles. The molecule has 1 aromatic rings. The van der Waals surface area contributed by atoms with Gasteiger partial charge in [-0.05, 0) is 64.3 Å². The summed E-state index contributed by atoms with van der Waals surface area (Å²) in [6, 6.07) is 6.03. The summed E-state index contributed by atoms with van der Waals surface area (Å²) in [5, 5.41) is 14.6. The third-order valence-electron chi connectivity index (χ3n) is 3.87. The average molecular weight is 311 g/mol. The highest BCUT2D eigenvalue weighted by atomic mass is 35.5. The summed E-state index contributed by atoms with van der Waals surface area (Å²) < 4.78 is 0. The number of hydrogen-bond acceptors (Lipinski definition) is 3. The number of piperidine rings is 1. The molecule has 1 heterocycles. The van der Waals surface area contributed by atoms with E-state index in [1.165, 1.54) is 11.3 Å². The quantitative estimate of drug-likeness (QED) is 0.896. The first-order chi connectivity index (χ1) is 9.66. The summed E-state index contributed by atoms with van der Waals surface area (Å²) in [6.45, 7) is 10.8. The Balaban J connectivity index is 2.22. The highest BCUT2D eigenvalue weighted by Gasteiger charge is 2.29. The van der Waals surface area contributed by atoms with Crippen LogP contribution in [0.4, 0.5) is 5.69 Å². The molecule has 0 aromatic heterocycles. The van der Waals surface area contributed by atoms with Gasteiger partial charge < -0.3 is 15.3 Å². The largest absolute Gasteiger partial charge is 0.388 e. The highest BCUT2D eigenvalue weighted by molar-refractivity contribution is 6.30. The number of rotatable bonds is 3. The van der Waals surface area contributed by atoms with E-state index < -0.39 is 5.60 Å². The number of β-amino-alcohol motifs (C(OH)–C–C–N with tert-alkyl or cyclic N) is 1. The second-order valence-corrected chi connectivity index (χ2v) is 7.84. The normalized spacial score (nSPS) is 23.4. The fraction of sp³-hybridized carbons (Fsp3) is 0.647. The SMILES string of the molecule is CC1(O)CCCN(c2ccc(Cl)cc2CNC(C)(C)C)C1. The first-order valence-electron chi connectivity index (χ1n) is 7.67. The Morgan fingerprint density at radius 2 is 2.10 bits per heavy atom. The Morgan fingerprint density at radius 3 is 2.71 bits per heavy atom. The molecule has 21 heavy (non-hydrogen) atoms. The van der Waals surface area contributed by atoms with Crippen molar-refractivity contribution in [3.63, 3.8) is 0 Å². The fourth-order valence-electron chi connectivity index (χ4n) is 2.79. The summed E-state index contributed by atoms with van der Waals surface area (Å²) in [7, 11) is 0. The smallest absolute Gasteiger partial charge is 0.0794 e. The predicted octanol–water partition coefficient (Wildman–Crippen LogP) is 3.58. The average Bonchev–Trinajstić information content (AvgIpc) is 2.34. The minimum absolute atomic E-state index is 0.0625. The van der Waals surface area contributed by atoms with Crippen molar-refractivity contribution in [1.29, 1.82) is 0 Å². The van der Waals surface area contributed by atoms with Crippen molar-refractivity contribution < 1.29 is 5.11 Å². The van der Waals surface area contributed by atoms with Crippen LogP contribution in [0, 0.1) is 0 Å². The van der Waals surface area contributed by atoms with Crippen molar-refractivity contribution in [1.82, 2.24) is 5.32 Å². The molecule has 0 amide bonds. The van der Waals surface area contributed by atoms with Gasteiger partial charge in [0.15, 0.2) is 0 Å². The molecule has 0 spiro atoms. The van der Waals surface area contributed by atoms with Crippen LogP contribution in [0.1, 0.15) is 46.1 Å². The van der Waals surface area contributed by atoms with Crippen LogP contribution in [0.25, 0.3) is 0 Å². The summed E-state index contributed by atoms with van der Waals surface area (Å²) in [5.41, 5.74) is 1.82. The predicted molar refractivity (Wildman–Crippen MR) is 90.1 cm³/mol. The van der Waals surface area contributed by atoms with Gasteiger partial charge in [-0.1, -0.05) is 11.6 Å². The van der Waals surface area contributed by atoms with Crippen LogP contribution >= 0.6 is 11.6 Å². The maximum Gasteiger partial charge on any atom is 0.0794 e. The van der Waals surface area contributed by atoms with E-state index in [0.717, 1.165) is 31.0 Å². The number of hydrogen-bond donors (Lipinski definition) is 2. The lowest BCUT2D eigenvalue weighted by molar-refractivity contribution is 0.0449. The van der Waals surface area contributed by atoms with Gasteiger partial charge in [-0.15, -0.1) is 0 Å². The molecule has 1 aromatic carbocycles. The molecular weight excluding hydrogens is 284 g/mol. The van der Waals surface area contributed by atoms with E-state index in [-0.39, 0.29) is 5.54 Å². The van der Waals surface area contributed by atoms with Crippen LogP contribution in [0.3, 0.4) is 0 Å². The monoisotopic (exact) mass is 310 g/mol. The summed E-state index contributed by atoms with van der Waals surface area (Å²) in [5.74, 6) is 0. The first kappa shape index (κ1) is 16.6. The lowest BCUT2D eigenvalue weighted by Gasteiger charge is -2.39. The summed E-state index contributed by atoms with van der Waals surface area (Å²) >= 11 is 6.17. The van der Waals surface area contributed by atoms with Crippen LogP contribution in [0.15, 0.2) is 18.2 Å². The van der Waals surface area contributed by atoms with E-state index in [0.29, 0.717) is 6.54 Å². The molecular formula is C17H27ClN2O. The number of anilines is 1. The van der Waals surface area contributed by atoms with E-state index in [1.807, 2.05) is 19.1 Å². The zero-order chi connectivity index (χ0) is 15.7. The second-order valence-electron chi connectivity index (χ2n) is 7.40. The van der Waals surface area contributed by atoms with Crippen LogP contribution in [0.5, 0.6) is 0 Å². The van der Waals surface area contributed by atoms with E-state index in [1.54, 1.807) is 0 Å². The molecule has 0 radical (unpaired) electrons. The Kier molecular flexibility index (Phi) is 4.86. The standard InChI is InChI=1S/C17H27ClN2O/c1-16(2,3)19-11-13-10-14(18)6-7-15(13)20-9-5-8-17(4,21)12-20/h6-7,10,19,21H,5,8-9,11-12H2,1-4H3. The van der Waals surface area contributed by atoms with Crippen LogP contribution in [0.2, 0.25) is 5.02 Å². The van der Waals surface area contributed by atoms with Crippen molar-refractivity contribution >= 4 is 17.3 Å². The third-order valence-corrected chi connectivity index (χ3v) is 4.10. The van der Waals surface area contributed by atoms with Gasteiger partial charge in [0.25, 0.3) is 0 Å². The summed E-state index contributed by atoms with van der Waals surface area (Å²) in [4.78, 5) is 2.28. The number of halogens is 1. The number of aliphatic hydroxyl groups is 1. The topological polar surface area (TPSA) is 35.5 Å². The molecule has 3 nitrogen and oxygen atoms in total. The number of nitrogens with one attached hydrogen (secondary N) is 1. The second kappa shape index (κ2) is 6.15. The molecule has 2 N–H and O–H groups in total. The van der Waals surface area contributed by atoms with Gasteiger partial charge in [0.2, 0.25) is 0 Å². The molecule has 1 unspecified atom stereocenters. The molecule has 118 valence electrons. The molecule has 1 aliphatic heterocycles. The number of benzene rings is 1. The maximum atomic E-state index is 10.3. The fourth-order valence-corrected chi connectivity index (χ4v) is 2.98. The van der Waals surface area contributed by atoms with Crippen molar-refractivity contribution in [3.8, 4) is 0 Å². The molecule has 0 bridgehead atoms. The van der Waals surface area contributed by atoms with Gasteiger partial charge >= 0.3 is 0 Å². The Morgan fingerprint density at radius 1 is 1.38 bits per heavy atom. The maximum absolute atomic E-state index is 10.3. The van der Waals surface area contributed by atoms with Gasteiger partial charge in [0.05, 0.1) is 5.60 Å². The molecule has 2 rings (SSSR count). The van der Waals surface area contributed by atoms with Crippen molar-refractivity contribution in [3.05, 3.63) is 28.8 Å². The lowest BCUT2D eigenvalue weighted by Crippen LogP contribution is -2.46. The molecule has 0 aliphatic carbocycles. The van der Waals surface area contributed by atoms with E-state index in [9.17, 15) is 5.11 Å². The van der Waals surface area contributed by atoms with Gasteiger partial charge in [-0.2, -0.15) is 0 Å². The molecule has 4 heteroatoms. The molecule has 1 aliphatic rings. The molecule has 1 fully saturated rings. The highest BCUT2D eigenvalue weighted by Crippen LogP contribution is 2.30. The molecule has 0 saturated carbocycles. The number of nitrogens with zero attached hydrogens (tertiary/aromatic N) is 1. The van der Waals surface area contributed by atoms with Crippen molar-refractivity contribution in [2.24, 2.45) is 0 Å². The lowest BCUT2D eigenvalue weighted by atomic mass is 9.94. The minimum Gasteiger partial charge on any atom is -0.388 e. The van der Waals surface area contributed by atoms with Gasteiger partial charge in [-0.25, -0.2) is 0 Å². The van der Waals surface area contributed by atoms with Crippen LogP contribution < -0.4 is 10.2 Å². The van der Waals surface area contributed by atoms with Gasteiger partial charge in [-0.3, -0.25) is 0 Å². The minimum atomic E-state index is -0.605. The first-order valence-corrected chi connectivity index (χ1v) is 8.05. The zero-order valence-corrected chi connectivity index (χ0v) is 14.3. The van der Waals surface area contributed by atoms with E-state index in [2.05, 4.69) is 37.1 Å². The van der Waals surface area contributed by atoms with Crippen LogP contribution in [-0.4, -0.2) is 29.3 Å². The van der Waals surface area contributed by atoms with E-state index >= 15 is 0 Å². The third kappa shape index (κ3) is 4.87. The van der Waals surface area contributed by atoms with Crippen molar-refractivity contribution in [2.45, 2.75) is 58.2 Å². The Labute approximate surface area is 133 Å². The van der Waals surface area contributed by atoms with Crippen molar-refractivity contribution in [2.75, 3.05) is 18.0 Å². The van der Waals surface area contributed by atoms with Gasteiger partial charge in [0.1, 0.15) is 0 Å². The van der Waals surface area contributed by atoms with Crippen LogP contribution in [-0.2, 0) is 6.54 Å². The Bertz CT molecular complexity index is 494. The molecule has 1 atom stereocenters. The Hall–Kier alpha value is -0.770. The van der Waals surface area contributed by atoms with E-state index in [4.69, 9.17) is 11.6 Å². The summed E-state index contributed by atoms with van der Waals surface area (Å²) in [6.07, 6.45) is 1.88.